The van der Waals surface area contributed by atoms with Crippen LogP contribution in [-0.4, -0.2) is 25.0 Å². The largest absolute Gasteiger partial charge is 0.306 e. The average Bonchev–Trinajstić information content (AvgIpc) is 2.59. The summed E-state index contributed by atoms with van der Waals surface area (Å²) in [4.78, 5) is 13.7. The normalized spacial score (nSPS) is 23.9. The van der Waals surface area contributed by atoms with Crippen LogP contribution < -0.4 is 10.2 Å². The summed E-state index contributed by atoms with van der Waals surface area (Å²) < 4.78 is 0. The maximum atomic E-state index is 11.8. The molecule has 2 aliphatic heterocycles. The van der Waals surface area contributed by atoms with Gasteiger partial charge in [-0.2, -0.15) is 0 Å². The maximum Gasteiger partial charge on any atom is 0.241 e. The van der Waals surface area contributed by atoms with Crippen LogP contribution in [0.4, 0.5) is 5.69 Å². The molecule has 1 unspecified atom stereocenters. The summed E-state index contributed by atoms with van der Waals surface area (Å²) in [5, 5.41) is 3.90. The fourth-order valence-electron chi connectivity index (χ4n) is 2.43. The van der Waals surface area contributed by atoms with Crippen molar-refractivity contribution in [1.29, 1.82) is 0 Å². The van der Waals surface area contributed by atoms with E-state index in [1.165, 1.54) is 0 Å². The summed E-state index contributed by atoms with van der Waals surface area (Å²) in [7, 11) is 0. The van der Waals surface area contributed by atoms with Gasteiger partial charge >= 0.3 is 0 Å². The molecule has 1 saturated heterocycles. The molecule has 0 aliphatic carbocycles. The van der Waals surface area contributed by atoms with Crippen LogP contribution in [0.1, 0.15) is 5.56 Å². The number of nitrogens with one attached hydrogen (secondary N) is 1. The molecular weight excluding hydrogens is 212 g/mol. The van der Waals surface area contributed by atoms with Crippen LogP contribution >= 0.6 is 11.6 Å². The highest BCUT2D eigenvalue weighted by atomic mass is 35.5. The summed E-state index contributed by atoms with van der Waals surface area (Å²) in [5.74, 6) is 0.146. The summed E-state index contributed by atoms with van der Waals surface area (Å²) in [6.07, 6.45) is 0.869. The highest BCUT2D eigenvalue weighted by Crippen LogP contribution is 2.37. The minimum Gasteiger partial charge on any atom is -0.306 e. The van der Waals surface area contributed by atoms with E-state index in [2.05, 4.69) is 5.32 Å². The molecule has 1 amide bonds. The van der Waals surface area contributed by atoms with Gasteiger partial charge in [0.05, 0.1) is 12.6 Å². The van der Waals surface area contributed by atoms with Crippen LogP contribution in [0, 0.1) is 0 Å². The predicted octanol–water partition coefficient (Wildman–Crippen LogP) is 1.20. The first kappa shape index (κ1) is 9.19. The molecule has 0 bridgehead atoms. The molecule has 2 heterocycles. The smallest absolute Gasteiger partial charge is 0.241 e. The van der Waals surface area contributed by atoms with Gasteiger partial charge in [-0.25, -0.2) is 0 Å². The zero-order valence-electron chi connectivity index (χ0n) is 8.16. The second-order valence-corrected chi connectivity index (χ2v) is 4.40. The number of rotatable bonds is 0. The Morgan fingerprint density at radius 3 is 3.20 bits per heavy atom. The molecule has 0 spiro atoms. The van der Waals surface area contributed by atoms with Crippen molar-refractivity contribution in [3.05, 3.63) is 28.8 Å². The standard InChI is InChI=1S/C11H11ClN2O/c12-9-2-1-3-10-8(9)4-7-5-13-6-11(15)14(7)10/h1-3,7,13H,4-6H2. The Morgan fingerprint density at radius 2 is 2.33 bits per heavy atom. The van der Waals surface area contributed by atoms with Crippen LogP contribution in [0.5, 0.6) is 0 Å². The van der Waals surface area contributed by atoms with Gasteiger partial charge < -0.3 is 10.2 Å². The van der Waals surface area contributed by atoms with E-state index in [0.717, 1.165) is 29.2 Å². The van der Waals surface area contributed by atoms with Crippen LogP contribution in [0.3, 0.4) is 0 Å². The first-order chi connectivity index (χ1) is 7.27. The van der Waals surface area contributed by atoms with Crippen molar-refractivity contribution >= 4 is 23.2 Å². The van der Waals surface area contributed by atoms with Crippen LogP contribution in [0.15, 0.2) is 18.2 Å². The zero-order chi connectivity index (χ0) is 10.4. The number of piperazine rings is 1. The Kier molecular flexibility index (Phi) is 1.97. The number of carbonyl (C=O) groups excluding carboxylic acids is 1. The summed E-state index contributed by atoms with van der Waals surface area (Å²) in [6, 6.07) is 6.01. The van der Waals surface area contributed by atoms with Crippen LogP contribution in [0.25, 0.3) is 0 Å². The first-order valence-electron chi connectivity index (χ1n) is 5.07. The summed E-state index contributed by atoms with van der Waals surface area (Å²) in [5.41, 5.74) is 2.11. The number of nitrogens with zero attached hydrogens (tertiary/aromatic N) is 1. The van der Waals surface area contributed by atoms with E-state index < -0.39 is 0 Å². The van der Waals surface area contributed by atoms with Gasteiger partial charge in [0.1, 0.15) is 0 Å². The van der Waals surface area contributed by atoms with Crippen LogP contribution in [-0.2, 0) is 11.2 Å². The van der Waals surface area contributed by atoms with Gasteiger partial charge in [0, 0.05) is 17.3 Å². The Bertz CT molecular complexity index is 433. The molecule has 1 aromatic carbocycles. The third-order valence-corrected chi connectivity index (χ3v) is 3.44. The number of amides is 1. The molecule has 0 saturated carbocycles. The Morgan fingerprint density at radius 1 is 1.47 bits per heavy atom. The zero-order valence-corrected chi connectivity index (χ0v) is 8.92. The summed E-state index contributed by atoms with van der Waals surface area (Å²) in [6.45, 7) is 1.29. The monoisotopic (exact) mass is 222 g/mol. The molecule has 0 radical (unpaired) electrons. The topological polar surface area (TPSA) is 32.3 Å². The van der Waals surface area contributed by atoms with Gasteiger partial charge in [0.15, 0.2) is 0 Å². The Balaban J connectivity index is 2.11. The number of anilines is 1. The third kappa shape index (κ3) is 1.27. The van der Waals surface area contributed by atoms with Gasteiger partial charge in [-0.1, -0.05) is 17.7 Å². The Labute approximate surface area is 93.0 Å². The number of halogens is 1. The second kappa shape index (κ2) is 3.22. The number of hydrogen-bond acceptors (Lipinski definition) is 2. The fraction of sp³-hybridized carbons (Fsp3) is 0.364. The Hall–Kier alpha value is -1.06. The average molecular weight is 223 g/mol. The first-order valence-corrected chi connectivity index (χ1v) is 5.45. The quantitative estimate of drug-likeness (QED) is 0.716. The molecule has 3 nitrogen and oxygen atoms in total. The minimum atomic E-state index is 0.146. The van der Waals surface area contributed by atoms with Crippen molar-refractivity contribution in [2.75, 3.05) is 18.0 Å². The number of benzene rings is 1. The van der Waals surface area contributed by atoms with E-state index in [9.17, 15) is 4.79 Å². The molecule has 3 rings (SSSR count). The molecule has 1 N–H and O–H groups in total. The lowest BCUT2D eigenvalue weighted by atomic mass is 10.1. The second-order valence-electron chi connectivity index (χ2n) is 3.99. The third-order valence-electron chi connectivity index (χ3n) is 3.08. The molecule has 1 aromatic rings. The highest BCUT2D eigenvalue weighted by molar-refractivity contribution is 6.32. The molecule has 0 aromatic heterocycles. The minimum absolute atomic E-state index is 0.146. The van der Waals surface area contributed by atoms with Crippen molar-refractivity contribution in [3.63, 3.8) is 0 Å². The van der Waals surface area contributed by atoms with E-state index in [1.807, 2.05) is 23.1 Å². The summed E-state index contributed by atoms with van der Waals surface area (Å²) >= 11 is 6.12. The van der Waals surface area contributed by atoms with Crippen LogP contribution in [0.2, 0.25) is 5.02 Å². The van der Waals surface area contributed by atoms with Crippen molar-refractivity contribution < 1.29 is 4.79 Å². The van der Waals surface area contributed by atoms with Gasteiger partial charge in [-0.05, 0) is 24.1 Å². The van der Waals surface area contributed by atoms with E-state index in [0.29, 0.717) is 6.54 Å². The molecule has 2 aliphatic rings. The molecule has 1 fully saturated rings. The predicted molar refractivity (Wildman–Crippen MR) is 59.3 cm³/mol. The number of hydrogen-bond donors (Lipinski definition) is 1. The van der Waals surface area contributed by atoms with Crippen molar-refractivity contribution in [3.8, 4) is 0 Å². The van der Waals surface area contributed by atoms with Gasteiger partial charge in [-0.15, -0.1) is 0 Å². The van der Waals surface area contributed by atoms with Crippen molar-refractivity contribution in [2.24, 2.45) is 0 Å². The van der Waals surface area contributed by atoms with Gasteiger partial charge in [0.2, 0.25) is 5.91 Å². The van der Waals surface area contributed by atoms with E-state index >= 15 is 0 Å². The van der Waals surface area contributed by atoms with E-state index in [-0.39, 0.29) is 11.9 Å². The highest BCUT2D eigenvalue weighted by Gasteiger charge is 2.36. The maximum absolute atomic E-state index is 11.8. The SMILES string of the molecule is O=C1CNCC2Cc3c(Cl)cccc3N12. The van der Waals surface area contributed by atoms with Gasteiger partial charge in [-0.3, -0.25) is 4.79 Å². The molecular formula is C11H11ClN2O. The fourth-order valence-corrected chi connectivity index (χ4v) is 2.68. The number of fused-ring (bicyclic) bond motifs is 3. The lowest BCUT2D eigenvalue weighted by molar-refractivity contribution is -0.119. The lowest BCUT2D eigenvalue weighted by Crippen LogP contribution is -2.53. The van der Waals surface area contributed by atoms with E-state index in [1.54, 1.807) is 0 Å². The number of carbonyl (C=O) groups is 1. The molecule has 15 heavy (non-hydrogen) atoms. The van der Waals surface area contributed by atoms with Gasteiger partial charge in [0.25, 0.3) is 0 Å². The lowest BCUT2D eigenvalue weighted by Gasteiger charge is -2.30. The molecule has 1 atom stereocenters. The van der Waals surface area contributed by atoms with Crippen molar-refractivity contribution in [1.82, 2.24) is 5.32 Å². The van der Waals surface area contributed by atoms with Crippen molar-refractivity contribution in [2.45, 2.75) is 12.5 Å². The van der Waals surface area contributed by atoms with E-state index in [4.69, 9.17) is 11.6 Å². The molecule has 78 valence electrons. The molecule has 4 heteroatoms.